The van der Waals surface area contributed by atoms with Crippen LogP contribution in [0.3, 0.4) is 0 Å². The van der Waals surface area contributed by atoms with Crippen molar-refractivity contribution in [2.75, 3.05) is 13.1 Å². The SMILES string of the molecule is Cn1cc(/C=C/c2n[nH]c3ccc(-c4ccc(CNC5CCNCC5)cc4)cc23)cn1. The van der Waals surface area contributed by atoms with Crippen molar-refractivity contribution in [2.24, 2.45) is 7.05 Å². The van der Waals surface area contributed by atoms with Crippen LogP contribution in [0, 0.1) is 0 Å². The average Bonchev–Trinajstić information content (AvgIpc) is 3.42. The van der Waals surface area contributed by atoms with Crippen LogP contribution in [-0.2, 0) is 13.6 Å². The van der Waals surface area contributed by atoms with Crippen LogP contribution >= 0.6 is 0 Å². The number of piperidine rings is 1. The van der Waals surface area contributed by atoms with Gasteiger partial charge in [-0.15, -0.1) is 0 Å². The van der Waals surface area contributed by atoms with Gasteiger partial charge in [0.2, 0.25) is 0 Å². The second-order valence-corrected chi connectivity index (χ2v) is 8.25. The van der Waals surface area contributed by atoms with Crippen molar-refractivity contribution in [3.8, 4) is 11.1 Å². The summed E-state index contributed by atoms with van der Waals surface area (Å²) in [7, 11) is 1.92. The summed E-state index contributed by atoms with van der Waals surface area (Å²) in [6.07, 6.45) is 10.3. The number of fused-ring (bicyclic) bond motifs is 1. The highest BCUT2D eigenvalue weighted by Gasteiger charge is 2.12. The van der Waals surface area contributed by atoms with Crippen molar-refractivity contribution in [1.29, 1.82) is 0 Å². The van der Waals surface area contributed by atoms with Gasteiger partial charge in [0.25, 0.3) is 0 Å². The number of hydrogen-bond donors (Lipinski definition) is 3. The lowest BCUT2D eigenvalue weighted by molar-refractivity contribution is 0.386. The molecule has 5 rings (SSSR count). The lowest BCUT2D eigenvalue weighted by Gasteiger charge is -2.23. The largest absolute Gasteiger partial charge is 0.317 e. The number of H-pyrrole nitrogens is 1. The highest BCUT2D eigenvalue weighted by atomic mass is 15.2. The third kappa shape index (κ3) is 4.60. The van der Waals surface area contributed by atoms with Gasteiger partial charge in [0.1, 0.15) is 0 Å². The monoisotopic (exact) mass is 412 g/mol. The van der Waals surface area contributed by atoms with Gasteiger partial charge in [-0.3, -0.25) is 9.78 Å². The quantitative estimate of drug-likeness (QED) is 0.448. The Morgan fingerprint density at radius 3 is 2.65 bits per heavy atom. The Bertz CT molecular complexity index is 1180. The number of rotatable bonds is 6. The first kappa shape index (κ1) is 19.7. The molecule has 3 heterocycles. The van der Waals surface area contributed by atoms with Crippen LogP contribution in [0.15, 0.2) is 54.9 Å². The second-order valence-electron chi connectivity index (χ2n) is 8.25. The Labute approximate surface area is 182 Å². The fourth-order valence-corrected chi connectivity index (χ4v) is 4.15. The van der Waals surface area contributed by atoms with Crippen LogP contribution < -0.4 is 10.6 Å². The molecule has 0 aliphatic carbocycles. The van der Waals surface area contributed by atoms with Gasteiger partial charge in [-0.2, -0.15) is 10.2 Å². The summed E-state index contributed by atoms with van der Waals surface area (Å²) in [6.45, 7) is 3.16. The molecule has 0 atom stereocenters. The summed E-state index contributed by atoms with van der Waals surface area (Å²) < 4.78 is 1.80. The van der Waals surface area contributed by atoms with Gasteiger partial charge in [0.15, 0.2) is 0 Å². The van der Waals surface area contributed by atoms with Crippen LogP contribution in [0.25, 0.3) is 34.2 Å². The molecule has 158 valence electrons. The van der Waals surface area contributed by atoms with E-state index in [4.69, 9.17) is 0 Å². The van der Waals surface area contributed by atoms with E-state index in [0.717, 1.165) is 41.8 Å². The molecule has 0 bridgehead atoms. The zero-order valence-electron chi connectivity index (χ0n) is 17.8. The molecular weight excluding hydrogens is 384 g/mol. The van der Waals surface area contributed by atoms with Gasteiger partial charge in [-0.1, -0.05) is 30.3 Å². The Hall–Kier alpha value is -3.22. The molecule has 1 aliphatic rings. The van der Waals surface area contributed by atoms with Crippen molar-refractivity contribution < 1.29 is 0 Å². The Morgan fingerprint density at radius 2 is 1.87 bits per heavy atom. The van der Waals surface area contributed by atoms with Crippen LogP contribution in [0.2, 0.25) is 0 Å². The van der Waals surface area contributed by atoms with Crippen LogP contribution in [0.5, 0.6) is 0 Å². The van der Waals surface area contributed by atoms with Gasteiger partial charge < -0.3 is 10.6 Å². The average molecular weight is 413 g/mol. The number of nitrogens with zero attached hydrogens (tertiary/aromatic N) is 3. The van der Waals surface area contributed by atoms with Gasteiger partial charge in [0.05, 0.1) is 17.4 Å². The number of aromatic nitrogens is 4. The van der Waals surface area contributed by atoms with Crippen molar-refractivity contribution in [3.05, 3.63) is 71.7 Å². The van der Waals surface area contributed by atoms with Gasteiger partial charge in [-0.05, 0) is 66.9 Å². The summed E-state index contributed by atoms with van der Waals surface area (Å²) in [5.74, 6) is 0. The molecule has 31 heavy (non-hydrogen) atoms. The Morgan fingerprint density at radius 1 is 1.06 bits per heavy atom. The molecular formula is C25H28N6. The number of aromatic amines is 1. The predicted octanol–water partition coefficient (Wildman–Crippen LogP) is 3.98. The highest BCUT2D eigenvalue weighted by Crippen LogP contribution is 2.26. The van der Waals surface area contributed by atoms with Crippen molar-refractivity contribution in [3.63, 3.8) is 0 Å². The molecule has 6 heteroatoms. The molecule has 1 aliphatic heterocycles. The molecule has 0 saturated carbocycles. The second kappa shape index (κ2) is 8.88. The normalized spacial score (nSPS) is 15.3. The van der Waals surface area contributed by atoms with E-state index in [-0.39, 0.29) is 0 Å². The van der Waals surface area contributed by atoms with Crippen LogP contribution in [0.4, 0.5) is 0 Å². The summed E-state index contributed by atoms with van der Waals surface area (Å²) in [5.41, 5.74) is 6.77. The summed E-state index contributed by atoms with van der Waals surface area (Å²) in [6, 6.07) is 16.0. The molecule has 4 aromatic rings. The molecule has 0 amide bonds. The van der Waals surface area contributed by atoms with E-state index >= 15 is 0 Å². The zero-order valence-corrected chi connectivity index (χ0v) is 17.8. The van der Waals surface area contributed by atoms with Gasteiger partial charge >= 0.3 is 0 Å². The Balaban J connectivity index is 1.32. The molecule has 6 nitrogen and oxygen atoms in total. The number of nitrogens with one attached hydrogen (secondary N) is 3. The first-order valence-corrected chi connectivity index (χ1v) is 10.9. The predicted molar refractivity (Wildman–Crippen MR) is 126 cm³/mol. The van der Waals surface area contributed by atoms with E-state index < -0.39 is 0 Å². The lowest BCUT2D eigenvalue weighted by atomic mass is 10.0. The molecule has 2 aromatic carbocycles. The molecule has 1 saturated heterocycles. The topological polar surface area (TPSA) is 70.6 Å². The maximum absolute atomic E-state index is 4.48. The third-order valence-corrected chi connectivity index (χ3v) is 5.97. The van der Waals surface area contributed by atoms with E-state index in [9.17, 15) is 0 Å². The van der Waals surface area contributed by atoms with Crippen LogP contribution in [-0.4, -0.2) is 39.1 Å². The number of benzene rings is 2. The molecule has 3 N–H and O–H groups in total. The number of hydrogen-bond acceptors (Lipinski definition) is 4. The van der Waals surface area contributed by atoms with Gasteiger partial charge in [0, 0.05) is 36.8 Å². The summed E-state index contributed by atoms with van der Waals surface area (Å²) >= 11 is 0. The first-order chi connectivity index (χ1) is 15.2. The summed E-state index contributed by atoms with van der Waals surface area (Å²) in [4.78, 5) is 0. The molecule has 0 unspecified atom stereocenters. The van der Waals surface area contributed by atoms with E-state index in [2.05, 4.69) is 68.4 Å². The van der Waals surface area contributed by atoms with E-state index in [1.54, 1.807) is 4.68 Å². The smallest absolute Gasteiger partial charge is 0.0927 e. The maximum atomic E-state index is 4.48. The van der Waals surface area contributed by atoms with Crippen LogP contribution in [0.1, 0.15) is 29.7 Å². The summed E-state index contributed by atoms with van der Waals surface area (Å²) in [5, 5.41) is 20.0. The maximum Gasteiger partial charge on any atom is 0.0927 e. The van der Waals surface area contributed by atoms with E-state index in [1.165, 1.54) is 29.5 Å². The lowest BCUT2D eigenvalue weighted by Crippen LogP contribution is -2.39. The standard InChI is InChI=1S/C25H28N6/c1-31-17-19(16-28-31)4-8-24-23-14-21(7-9-25(23)30-29-24)20-5-2-18(3-6-20)15-27-22-10-12-26-13-11-22/h2-9,14,16-17,22,26-27H,10-13,15H2,1H3,(H,29,30)/b8-4+. The van der Waals surface area contributed by atoms with Crippen molar-refractivity contribution in [2.45, 2.75) is 25.4 Å². The van der Waals surface area contributed by atoms with E-state index in [0.29, 0.717) is 6.04 Å². The van der Waals surface area contributed by atoms with Gasteiger partial charge in [-0.25, -0.2) is 0 Å². The van der Waals surface area contributed by atoms with Crippen molar-refractivity contribution >= 4 is 23.1 Å². The number of aryl methyl sites for hydroxylation is 1. The van der Waals surface area contributed by atoms with E-state index in [1.807, 2.05) is 31.6 Å². The first-order valence-electron chi connectivity index (χ1n) is 10.9. The highest BCUT2D eigenvalue weighted by molar-refractivity contribution is 5.92. The Kier molecular flexibility index (Phi) is 5.65. The molecule has 1 fully saturated rings. The minimum Gasteiger partial charge on any atom is -0.317 e. The minimum atomic E-state index is 0.627. The van der Waals surface area contributed by atoms with Crippen molar-refractivity contribution in [1.82, 2.24) is 30.6 Å². The minimum absolute atomic E-state index is 0.627. The fraction of sp³-hybridized carbons (Fsp3) is 0.280. The zero-order chi connectivity index (χ0) is 21.0. The molecule has 0 spiro atoms. The fourth-order valence-electron chi connectivity index (χ4n) is 4.15. The third-order valence-electron chi connectivity index (χ3n) is 5.97. The molecule has 2 aromatic heterocycles. The molecule has 0 radical (unpaired) electrons.